The smallest absolute Gasteiger partial charge is 0.317 e. The predicted molar refractivity (Wildman–Crippen MR) is 59.9 cm³/mol. The molecule has 0 saturated heterocycles. The number of hydrogen-bond donors (Lipinski definition) is 1. The molecular formula is C12H17NO2. The SMILES string of the molecule is CN(CCCc1ccccc1)CC(=O)O. The van der Waals surface area contributed by atoms with Gasteiger partial charge in [0.25, 0.3) is 0 Å². The molecule has 0 unspecified atom stereocenters. The Balaban J connectivity index is 2.19. The Kier molecular flexibility index (Phi) is 4.84. The van der Waals surface area contributed by atoms with E-state index in [1.54, 1.807) is 0 Å². The molecule has 1 aromatic rings. The van der Waals surface area contributed by atoms with Gasteiger partial charge in [-0.2, -0.15) is 0 Å². The Hall–Kier alpha value is -1.35. The molecule has 15 heavy (non-hydrogen) atoms. The van der Waals surface area contributed by atoms with Crippen molar-refractivity contribution >= 4 is 5.97 Å². The first-order valence-electron chi connectivity index (χ1n) is 5.13. The largest absolute Gasteiger partial charge is 0.480 e. The van der Waals surface area contributed by atoms with E-state index in [0.717, 1.165) is 19.4 Å². The summed E-state index contributed by atoms with van der Waals surface area (Å²) in [5, 5.41) is 8.56. The molecule has 0 heterocycles. The lowest BCUT2D eigenvalue weighted by Gasteiger charge is -2.13. The van der Waals surface area contributed by atoms with Gasteiger partial charge in [-0.1, -0.05) is 30.3 Å². The molecule has 0 amide bonds. The maximum Gasteiger partial charge on any atom is 0.317 e. The molecule has 82 valence electrons. The van der Waals surface area contributed by atoms with Crippen LogP contribution in [0.5, 0.6) is 0 Å². The number of carbonyl (C=O) groups is 1. The molecule has 0 aliphatic heterocycles. The van der Waals surface area contributed by atoms with E-state index in [2.05, 4.69) is 12.1 Å². The van der Waals surface area contributed by atoms with Crippen LogP contribution in [0.1, 0.15) is 12.0 Å². The van der Waals surface area contributed by atoms with Crippen LogP contribution in [0.2, 0.25) is 0 Å². The minimum absolute atomic E-state index is 0.120. The minimum Gasteiger partial charge on any atom is -0.480 e. The van der Waals surface area contributed by atoms with E-state index in [-0.39, 0.29) is 6.54 Å². The highest BCUT2D eigenvalue weighted by molar-refractivity contribution is 5.68. The number of carboxylic acid groups (broad SMARTS) is 1. The van der Waals surface area contributed by atoms with Gasteiger partial charge < -0.3 is 5.11 Å². The van der Waals surface area contributed by atoms with Crippen molar-refractivity contribution in [1.82, 2.24) is 4.90 Å². The summed E-state index contributed by atoms with van der Waals surface area (Å²) in [6, 6.07) is 10.2. The van der Waals surface area contributed by atoms with E-state index < -0.39 is 5.97 Å². The molecule has 0 aliphatic rings. The van der Waals surface area contributed by atoms with Crippen LogP contribution in [-0.4, -0.2) is 36.1 Å². The highest BCUT2D eigenvalue weighted by Crippen LogP contribution is 2.02. The van der Waals surface area contributed by atoms with Gasteiger partial charge in [-0.3, -0.25) is 9.69 Å². The lowest BCUT2D eigenvalue weighted by molar-refractivity contribution is -0.137. The fraction of sp³-hybridized carbons (Fsp3) is 0.417. The van der Waals surface area contributed by atoms with Gasteiger partial charge in [0.2, 0.25) is 0 Å². The monoisotopic (exact) mass is 207 g/mol. The first-order valence-corrected chi connectivity index (χ1v) is 5.13. The minimum atomic E-state index is -0.766. The number of nitrogens with zero attached hydrogens (tertiary/aromatic N) is 1. The Labute approximate surface area is 90.3 Å². The highest BCUT2D eigenvalue weighted by Gasteiger charge is 2.03. The van der Waals surface area contributed by atoms with Gasteiger partial charge in [-0.05, 0) is 32.0 Å². The zero-order chi connectivity index (χ0) is 11.1. The Morgan fingerprint density at radius 1 is 1.33 bits per heavy atom. The van der Waals surface area contributed by atoms with Crippen LogP contribution in [0.3, 0.4) is 0 Å². The van der Waals surface area contributed by atoms with Crippen LogP contribution in [0, 0.1) is 0 Å². The van der Waals surface area contributed by atoms with Crippen molar-refractivity contribution in [2.45, 2.75) is 12.8 Å². The van der Waals surface area contributed by atoms with Crippen molar-refractivity contribution in [1.29, 1.82) is 0 Å². The molecule has 3 heteroatoms. The topological polar surface area (TPSA) is 40.5 Å². The van der Waals surface area contributed by atoms with Crippen molar-refractivity contribution in [3.05, 3.63) is 35.9 Å². The summed E-state index contributed by atoms with van der Waals surface area (Å²) >= 11 is 0. The summed E-state index contributed by atoms with van der Waals surface area (Å²) in [6.07, 6.45) is 2.00. The van der Waals surface area contributed by atoms with Gasteiger partial charge in [0.1, 0.15) is 0 Å². The van der Waals surface area contributed by atoms with Crippen molar-refractivity contribution < 1.29 is 9.90 Å². The van der Waals surface area contributed by atoms with Crippen LogP contribution in [0.25, 0.3) is 0 Å². The molecule has 0 bridgehead atoms. The van der Waals surface area contributed by atoms with Crippen molar-refractivity contribution in [3.8, 4) is 0 Å². The number of aliphatic carboxylic acids is 1. The standard InChI is InChI=1S/C12H17NO2/c1-13(10-12(14)15)9-5-8-11-6-3-2-4-7-11/h2-4,6-7H,5,8-10H2,1H3,(H,14,15). The third-order valence-electron chi connectivity index (χ3n) is 2.25. The maximum atomic E-state index is 10.4. The molecule has 3 nitrogen and oxygen atoms in total. The summed E-state index contributed by atoms with van der Waals surface area (Å²) in [4.78, 5) is 12.2. The quantitative estimate of drug-likeness (QED) is 0.770. The number of likely N-dealkylation sites (N-methyl/N-ethyl adjacent to an activating group) is 1. The van der Waals surface area contributed by atoms with Gasteiger partial charge in [0.15, 0.2) is 0 Å². The number of benzene rings is 1. The van der Waals surface area contributed by atoms with E-state index in [0.29, 0.717) is 0 Å². The second-order valence-corrected chi connectivity index (χ2v) is 3.72. The fourth-order valence-electron chi connectivity index (χ4n) is 1.51. The Morgan fingerprint density at radius 3 is 2.60 bits per heavy atom. The van der Waals surface area contributed by atoms with E-state index in [1.165, 1.54) is 5.56 Å². The maximum absolute atomic E-state index is 10.4. The fourth-order valence-corrected chi connectivity index (χ4v) is 1.51. The molecule has 1 rings (SSSR count). The summed E-state index contributed by atoms with van der Waals surface area (Å²) in [6.45, 7) is 0.940. The summed E-state index contributed by atoms with van der Waals surface area (Å²) in [5.41, 5.74) is 1.31. The number of carboxylic acids is 1. The molecule has 0 saturated carbocycles. The molecule has 0 atom stereocenters. The average Bonchev–Trinajstić information content (AvgIpc) is 2.18. The van der Waals surface area contributed by atoms with E-state index in [9.17, 15) is 4.79 Å². The number of aryl methyl sites for hydroxylation is 1. The molecule has 1 N–H and O–H groups in total. The van der Waals surface area contributed by atoms with Crippen LogP contribution in [0.15, 0.2) is 30.3 Å². The lowest BCUT2D eigenvalue weighted by Crippen LogP contribution is -2.26. The Bertz CT molecular complexity index is 298. The highest BCUT2D eigenvalue weighted by atomic mass is 16.4. The number of rotatable bonds is 6. The molecule has 0 radical (unpaired) electrons. The van der Waals surface area contributed by atoms with Gasteiger partial charge in [0, 0.05) is 0 Å². The molecule has 0 aliphatic carbocycles. The van der Waals surface area contributed by atoms with Gasteiger partial charge in [0.05, 0.1) is 6.54 Å². The molecule has 1 aromatic carbocycles. The summed E-state index contributed by atoms with van der Waals surface area (Å²) in [7, 11) is 1.83. The van der Waals surface area contributed by atoms with Gasteiger partial charge >= 0.3 is 5.97 Å². The normalized spacial score (nSPS) is 10.5. The van der Waals surface area contributed by atoms with E-state index >= 15 is 0 Å². The van der Waals surface area contributed by atoms with Gasteiger partial charge in [-0.25, -0.2) is 0 Å². The van der Waals surface area contributed by atoms with E-state index in [1.807, 2.05) is 30.1 Å². The molecule has 0 fully saturated rings. The average molecular weight is 207 g/mol. The van der Waals surface area contributed by atoms with Crippen molar-refractivity contribution in [2.24, 2.45) is 0 Å². The number of hydrogen-bond acceptors (Lipinski definition) is 2. The Morgan fingerprint density at radius 2 is 2.00 bits per heavy atom. The van der Waals surface area contributed by atoms with Crippen LogP contribution in [0.4, 0.5) is 0 Å². The first kappa shape index (κ1) is 11.7. The third-order valence-corrected chi connectivity index (χ3v) is 2.25. The first-order chi connectivity index (χ1) is 7.18. The molecule has 0 aromatic heterocycles. The molecule has 0 spiro atoms. The van der Waals surface area contributed by atoms with Crippen LogP contribution < -0.4 is 0 Å². The van der Waals surface area contributed by atoms with Crippen LogP contribution in [-0.2, 0) is 11.2 Å². The van der Waals surface area contributed by atoms with Gasteiger partial charge in [-0.15, -0.1) is 0 Å². The predicted octanol–water partition coefficient (Wildman–Crippen LogP) is 1.64. The zero-order valence-electron chi connectivity index (χ0n) is 9.02. The second-order valence-electron chi connectivity index (χ2n) is 3.72. The van der Waals surface area contributed by atoms with Crippen molar-refractivity contribution in [3.63, 3.8) is 0 Å². The molecular weight excluding hydrogens is 190 g/mol. The zero-order valence-corrected chi connectivity index (χ0v) is 9.02. The summed E-state index contributed by atoms with van der Waals surface area (Å²) < 4.78 is 0. The third kappa shape index (κ3) is 5.18. The van der Waals surface area contributed by atoms with Crippen LogP contribution >= 0.6 is 0 Å². The lowest BCUT2D eigenvalue weighted by atomic mass is 10.1. The second kappa shape index (κ2) is 6.19. The van der Waals surface area contributed by atoms with Crippen molar-refractivity contribution in [2.75, 3.05) is 20.1 Å². The summed E-state index contributed by atoms with van der Waals surface area (Å²) in [5.74, 6) is -0.766. The van der Waals surface area contributed by atoms with E-state index in [4.69, 9.17) is 5.11 Å².